The topological polar surface area (TPSA) is 116 Å². The van der Waals surface area contributed by atoms with Gasteiger partial charge < -0.3 is 20.2 Å². The highest BCUT2D eigenvalue weighted by atomic mass is 32.1. The molecule has 9 nitrogen and oxygen atoms in total. The van der Waals surface area contributed by atoms with E-state index in [2.05, 4.69) is 45.2 Å². The van der Waals surface area contributed by atoms with Crippen LogP contribution in [0.5, 0.6) is 0 Å². The Kier molecular flexibility index (Phi) is 15.8. The molecule has 314 valence electrons. The molecule has 1 aromatic heterocycles. The zero-order valence-corrected chi connectivity index (χ0v) is 34.2. The minimum absolute atomic E-state index is 0.0712. The highest BCUT2D eigenvalue weighted by molar-refractivity contribution is 7.03. The number of hydrogen-bond acceptors (Lipinski definition) is 7. The molecular formula is C47H50F3N5O4S. The van der Waals surface area contributed by atoms with E-state index in [1.807, 2.05) is 94.1 Å². The summed E-state index contributed by atoms with van der Waals surface area (Å²) in [6.45, 7) is 4.89. The van der Waals surface area contributed by atoms with E-state index in [1.165, 1.54) is 56.7 Å². The Hall–Kier alpha value is -5.66. The van der Waals surface area contributed by atoms with Gasteiger partial charge in [-0.2, -0.15) is 13.2 Å². The molecule has 0 saturated carbocycles. The van der Waals surface area contributed by atoms with Gasteiger partial charge in [0.05, 0.1) is 0 Å². The van der Waals surface area contributed by atoms with Gasteiger partial charge in [0.25, 0.3) is 5.91 Å². The van der Waals surface area contributed by atoms with Crippen LogP contribution >= 0.6 is 11.5 Å². The molecule has 0 bridgehead atoms. The molecule has 2 saturated heterocycles. The molecule has 2 aliphatic rings. The molecule has 0 aliphatic carbocycles. The molecule has 4 aromatic carbocycles. The molecule has 0 atom stereocenters. The number of alkyl halides is 3. The normalized spacial score (nSPS) is 15.0. The van der Waals surface area contributed by atoms with E-state index in [0.29, 0.717) is 13.1 Å². The number of carbonyl (C=O) groups is 3. The first-order valence-electron chi connectivity index (χ1n) is 20.4. The van der Waals surface area contributed by atoms with Gasteiger partial charge in [0.15, 0.2) is 0 Å². The number of aliphatic carboxylic acids is 1. The molecular weight excluding hydrogens is 788 g/mol. The quantitative estimate of drug-likeness (QED) is 0.114. The Morgan fingerprint density at radius 1 is 0.783 bits per heavy atom. The van der Waals surface area contributed by atoms with Gasteiger partial charge in [-0.1, -0.05) is 103 Å². The number of hydrogen-bond donors (Lipinski definition) is 2. The first-order valence-corrected chi connectivity index (χ1v) is 21.2. The van der Waals surface area contributed by atoms with Crippen molar-refractivity contribution in [3.8, 4) is 22.4 Å². The minimum atomic E-state index is -5.08. The average molecular weight is 838 g/mol. The van der Waals surface area contributed by atoms with Crippen molar-refractivity contribution in [2.45, 2.75) is 64.2 Å². The van der Waals surface area contributed by atoms with Crippen LogP contribution in [-0.2, 0) is 22.7 Å². The Bertz CT molecular complexity index is 2180. The summed E-state index contributed by atoms with van der Waals surface area (Å²) in [5, 5.41) is 16.8. The predicted molar refractivity (Wildman–Crippen MR) is 229 cm³/mol. The molecule has 2 fully saturated rings. The summed E-state index contributed by atoms with van der Waals surface area (Å²) < 4.78 is 35.8. The van der Waals surface area contributed by atoms with E-state index >= 15 is 0 Å². The molecule has 0 spiro atoms. The third-order valence-electron chi connectivity index (χ3n) is 11.1. The number of amides is 2. The monoisotopic (exact) mass is 837 g/mol. The second-order valence-electron chi connectivity index (χ2n) is 15.4. The van der Waals surface area contributed by atoms with Crippen LogP contribution in [0, 0.1) is 11.8 Å². The number of nitrogens with zero attached hydrogens (tertiary/aromatic N) is 4. The number of carboxylic acid groups (broad SMARTS) is 1. The zero-order chi connectivity index (χ0) is 42.3. The van der Waals surface area contributed by atoms with Crippen LogP contribution in [0.2, 0.25) is 0 Å². The number of halogens is 3. The van der Waals surface area contributed by atoms with Crippen molar-refractivity contribution in [3.05, 3.63) is 137 Å². The van der Waals surface area contributed by atoms with Gasteiger partial charge in [-0.25, -0.2) is 4.79 Å². The van der Waals surface area contributed by atoms with Gasteiger partial charge in [0.1, 0.15) is 5.69 Å². The summed E-state index contributed by atoms with van der Waals surface area (Å²) in [7, 11) is 0. The standard InChI is InChI=1S/C45H49N5O2S.C2HF3O2/c51-44(19-18-34-8-2-1-3-9-34)50(32-38-13-6-16-41(29-38)43-33-53-48-47-43)31-37-12-5-14-39(28-37)40-15-7-17-42(30-40)45(52)49-26-22-36(23-27-49)11-4-10-35-20-24-46-25-21-35;3-2(4,5)1(6)7/h1-3,5-9,12-19,28-30,33,35-36,46H,4,10-11,20-27,31-32H2;(H,6,7)/b19-18+;. The fraction of sp³-hybridized carbons (Fsp3) is 0.340. The van der Waals surface area contributed by atoms with E-state index in [1.54, 1.807) is 6.08 Å². The van der Waals surface area contributed by atoms with Gasteiger partial charge in [-0.3, -0.25) is 9.59 Å². The molecule has 7 rings (SSSR count). The number of piperidine rings is 2. The third kappa shape index (κ3) is 13.2. The highest BCUT2D eigenvalue weighted by Gasteiger charge is 2.38. The zero-order valence-electron chi connectivity index (χ0n) is 33.4. The Morgan fingerprint density at radius 3 is 1.98 bits per heavy atom. The van der Waals surface area contributed by atoms with Crippen molar-refractivity contribution < 1.29 is 32.7 Å². The molecule has 0 radical (unpaired) electrons. The van der Waals surface area contributed by atoms with E-state index < -0.39 is 12.1 Å². The average Bonchev–Trinajstić information content (AvgIpc) is 3.82. The van der Waals surface area contributed by atoms with Gasteiger partial charge in [0, 0.05) is 48.8 Å². The van der Waals surface area contributed by atoms with Crippen LogP contribution in [0.3, 0.4) is 0 Å². The van der Waals surface area contributed by atoms with E-state index in [0.717, 1.165) is 82.4 Å². The number of rotatable bonds is 13. The first kappa shape index (κ1) is 43.9. The van der Waals surface area contributed by atoms with Crippen LogP contribution < -0.4 is 5.32 Å². The lowest BCUT2D eigenvalue weighted by Crippen LogP contribution is -2.38. The summed E-state index contributed by atoms with van der Waals surface area (Å²) in [5.41, 5.74) is 7.57. The van der Waals surface area contributed by atoms with Crippen molar-refractivity contribution in [3.63, 3.8) is 0 Å². The molecule has 2 amide bonds. The van der Waals surface area contributed by atoms with E-state index in [4.69, 9.17) is 9.90 Å². The number of likely N-dealkylation sites (tertiary alicyclic amines) is 1. The molecule has 60 heavy (non-hydrogen) atoms. The van der Waals surface area contributed by atoms with Crippen molar-refractivity contribution in [2.75, 3.05) is 26.2 Å². The van der Waals surface area contributed by atoms with Crippen molar-refractivity contribution in [2.24, 2.45) is 11.8 Å². The van der Waals surface area contributed by atoms with Gasteiger partial charge >= 0.3 is 12.1 Å². The van der Waals surface area contributed by atoms with Crippen LogP contribution in [0.4, 0.5) is 13.2 Å². The maximum absolute atomic E-state index is 13.8. The smallest absolute Gasteiger partial charge is 0.475 e. The van der Waals surface area contributed by atoms with Crippen LogP contribution in [-0.4, -0.2) is 74.6 Å². The van der Waals surface area contributed by atoms with Crippen molar-refractivity contribution in [1.82, 2.24) is 24.7 Å². The second kappa shape index (κ2) is 21.6. The van der Waals surface area contributed by atoms with Gasteiger partial charge in [0.2, 0.25) is 5.91 Å². The molecule has 3 heterocycles. The summed E-state index contributed by atoms with van der Waals surface area (Å²) in [4.78, 5) is 40.3. The fourth-order valence-corrected chi connectivity index (χ4v) is 8.23. The summed E-state index contributed by atoms with van der Waals surface area (Å²) in [5.74, 6) is -1.08. The number of nitrogens with one attached hydrogen (secondary N) is 1. The summed E-state index contributed by atoms with van der Waals surface area (Å²) in [6.07, 6.45) is 7.25. The largest absolute Gasteiger partial charge is 0.490 e. The van der Waals surface area contributed by atoms with Crippen LogP contribution in [0.1, 0.15) is 72.0 Å². The maximum atomic E-state index is 13.8. The molecule has 2 N–H and O–H groups in total. The van der Waals surface area contributed by atoms with Gasteiger partial charge in [-0.05, 0) is 120 Å². The Labute approximate surface area is 353 Å². The summed E-state index contributed by atoms with van der Waals surface area (Å²) in [6, 6.07) is 34.3. The molecule has 5 aromatic rings. The number of carboxylic acids is 1. The molecule has 13 heteroatoms. The lowest BCUT2D eigenvalue weighted by Gasteiger charge is -2.32. The van der Waals surface area contributed by atoms with Crippen molar-refractivity contribution in [1.29, 1.82) is 0 Å². The molecule has 2 aliphatic heterocycles. The summed E-state index contributed by atoms with van der Waals surface area (Å²) >= 11 is 1.32. The number of aromatic nitrogens is 2. The SMILES string of the molecule is O=C(/C=C/c1ccccc1)N(Cc1cccc(-c2cccc(C(=O)N3CCC(CCCC4CCNCC4)CC3)c2)c1)Cc1cccc(-c2csnn2)c1.O=C(O)C(F)(F)F. The minimum Gasteiger partial charge on any atom is -0.475 e. The number of carbonyl (C=O) groups excluding carboxylic acids is 2. The predicted octanol–water partition coefficient (Wildman–Crippen LogP) is 9.77. The second-order valence-corrected chi connectivity index (χ2v) is 16.0. The Morgan fingerprint density at radius 2 is 1.37 bits per heavy atom. The fourth-order valence-electron chi connectivity index (χ4n) is 7.76. The lowest BCUT2D eigenvalue weighted by atomic mass is 9.87. The van der Waals surface area contributed by atoms with Gasteiger partial charge in [-0.15, -0.1) is 5.10 Å². The maximum Gasteiger partial charge on any atom is 0.490 e. The third-order valence-corrected chi connectivity index (χ3v) is 11.6. The van der Waals surface area contributed by atoms with E-state index in [-0.39, 0.29) is 11.8 Å². The molecule has 0 unspecified atom stereocenters. The lowest BCUT2D eigenvalue weighted by molar-refractivity contribution is -0.192. The Balaban J connectivity index is 0.000000793. The van der Waals surface area contributed by atoms with Crippen molar-refractivity contribution >= 4 is 35.4 Å². The highest BCUT2D eigenvalue weighted by Crippen LogP contribution is 2.29. The van der Waals surface area contributed by atoms with E-state index in [9.17, 15) is 22.8 Å². The van der Waals surface area contributed by atoms with Crippen LogP contribution in [0.15, 0.2) is 115 Å². The number of benzene rings is 4. The first-order chi connectivity index (χ1) is 29.0. The van der Waals surface area contributed by atoms with Crippen LogP contribution in [0.25, 0.3) is 28.5 Å².